The van der Waals surface area contributed by atoms with Gasteiger partial charge in [-0.1, -0.05) is 60.7 Å². The monoisotopic (exact) mass is 581 g/mol. The maximum Gasteiger partial charge on any atom is 0.143 e. The first kappa shape index (κ1) is 23.9. The van der Waals surface area contributed by atoms with Crippen LogP contribution in [0.15, 0.2) is 148 Å². The molecule has 0 saturated carbocycles. The van der Waals surface area contributed by atoms with Crippen molar-refractivity contribution in [3.05, 3.63) is 140 Å². The molecule has 10 rings (SSSR count). The number of furan rings is 2. The first-order valence-electron chi connectivity index (χ1n) is 14.8. The van der Waals surface area contributed by atoms with Gasteiger partial charge in [0.05, 0.1) is 0 Å². The summed E-state index contributed by atoms with van der Waals surface area (Å²) in [6, 6.07) is 49.4. The topological polar surface area (TPSA) is 29.5 Å². The number of anilines is 3. The number of fused-ring (bicyclic) bond motifs is 12. The second kappa shape index (κ2) is 8.96. The minimum Gasteiger partial charge on any atom is -0.455 e. The van der Waals surface area contributed by atoms with E-state index in [-0.39, 0.29) is 0 Å². The number of nitrogens with zero attached hydrogens (tertiary/aromatic N) is 1. The fraction of sp³-hybridized carbons (Fsp3) is 0. The zero-order chi connectivity index (χ0) is 28.8. The van der Waals surface area contributed by atoms with Crippen LogP contribution in [0.4, 0.5) is 17.1 Å². The summed E-state index contributed by atoms with van der Waals surface area (Å²) in [6.07, 6.45) is 0. The lowest BCUT2D eigenvalue weighted by atomic mass is 10.0. The molecule has 0 saturated heterocycles. The summed E-state index contributed by atoms with van der Waals surface area (Å²) in [6.45, 7) is 0. The number of para-hydroxylation sites is 2. The molecule has 206 valence electrons. The van der Waals surface area contributed by atoms with Crippen molar-refractivity contribution >= 4 is 103 Å². The van der Waals surface area contributed by atoms with Crippen molar-refractivity contribution in [1.82, 2.24) is 0 Å². The summed E-state index contributed by atoms with van der Waals surface area (Å²) in [5.41, 5.74) is 6.81. The van der Waals surface area contributed by atoms with E-state index in [0.717, 1.165) is 71.7 Å². The number of rotatable bonds is 3. The highest BCUT2D eigenvalue weighted by atomic mass is 32.1. The van der Waals surface area contributed by atoms with Crippen LogP contribution in [0.5, 0.6) is 0 Å². The molecule has 4 heteroatoms. The van der Waals surface area contributed by atoms with Gasteiger partial charge in [0, 0.05) is 75.6 Å². The number of hydrogen-bond donors (Lipinski definition) is 0. The molecule has 0 amide bonds. The predicted molar refractivity (Wildman–Crippen MR) is 186 cm³/mol. The summed E-state index contributed by atoms with van der Waals surface area (Å²) >= 11 is 1.84. The minimum absolute atomic E-state index is 0.860. The summed E-state index contributed by atoms with van der Waals surface area (Å²) in [5.74, 6) is 0. The molecule has 0 atom stereocenters. The Kier molecular flexibility index (Phi) is 4.87. The van der Waals surface area contributed by atoms with Crippen molar-refractivity contribution in [1.29, 1.82) is 0 Å². The largest absolute Gasteiger partial charge is 0.455 e. The second-order valence-electron chi connectivity index (χ2n) is 11.3. The first-order valence-corrected chi connectivity index (χ1v) is 15.6. The molecule has 3 nitrogen and oxygen atoms in total. The molecule has 0 aliphatic carbocycles. The second-order valence-corrected chi connectivity index (χ2v) is 12.4. The number of hydrogen-bond acceptors (Lipinski definition) is 4. The lowest BCUT2D eigenvalue weighted by molar-refractivity contribution is 0.669. The van der Waals surface area contributed by atoms with Crippen LogP contribution >= 0.6 is 11.3 Å². The van der Waals surface area contributed by atoms with Crippen LogP contribution in [0, 0.1) is 0 Å². The van der Waals surface area contributed by atoms with Crippen LogP contribution in [0.3, 0.4) is 0 Å². The van der Waals surface area contributed by atoms with Gasteiger partial charge in [-0.05, 0) is 72.8 Å². The van der Waals surface area contributed by atoms with Crippen molar-refractivity contribution < 1.29 is 8.83 Å². The molecular formula is C40H23NO2S. The normalized spacial score (nSPS) is 12.1. The first-order chi connectivity index (χ1) is 21.8. The highest BCUT2D eigenvalue weighted by Gasteiger charge is 2.19. The summed E-state index contributed by atoms with van der Waals surface area (Å²) in [5, 5.41) is 9.18. The molecule has 0 aliphatic rings. The average Bonchev–Trinajstić information content (AvgIpc) is 3.76. The fourth-order valence-corrected chi connectivity index (χ4v) is 7.97. The Hall–Kier alpha value is -5.58. The van der Waals surface area contributed by atoms with Gasteiger partial charge >= 0.3 is 0 Å². The fourth-order valence-electron chi connectivity index (χ4n) is 6.83. The predicted octanol–water partition coefficient (Wildman–Crippen LogP) is 12.5. The van der Waals surface area contributed by atoms with Crippen molar-refractivity contribution in [2.75, 3.05) is 4.90 Å². The lowest BCUT2D eigenvalue weighted by Gasteiger charge is -2.25. The SMILES string of the molecule is c1ccc(N(c2ccc3c(c2)oc2c3ccc3c2ccc2c4ccccc4oc23)c2ccc3c(c2)sc2ccccc23)cc1. The maximum absolute atomic E-state index is 6.70. The van der Waals surface area contributed by atoms with Crippen LogP contribution in [0.1, 0.15) is 0 Å². The van der Waals surface area contributed by atoms with E-state index in [1.165, 1.54) is 20.2 Å². The van der Waals surface area contributed by atoms with Crippen LogP contribution in [-0.4, -0.2) is 0 Å². The van der Waals surface area contributed by atoms with Crippen molar-refractivity contribution in [3.8, 4) is 0 Å². The Balaban J connectivity index is 1.17. The molecule has 3 heterocycles. The quantitative estimate of drug-likeness (QED) is 0.208. The Labute approximate surface area is 255 Å². The van der Waals surface area contributed by atoms with E-state index in [0.29, 0.717) is 0 Å². The van der Waals surface area contributed by atoms with E-state index in [1.807, 2.05) is 23.5 Å². The highest BCUT2D eigenvalue weighted by Crippen LogP contribution is 2.43. The zero-order valence-corrected chi connectivity index (χ0v) is 24.3. The minimum atomic E-state index is 0.860. The number of thiophene rings is 1. The van der Waals surface area contributed by atoms with Gasteiger partial charge in [0.25, 0.3) is 0 Å². The van der Waals surface area contributed by atoms with Crippen LogP contribution < -0.4 is 4.90 Å². The third kappa shape index (κ3) is 3.37. The molecule has 0 spiro atoms. The highest BCUT2D eigenvalue weighted by molar-refractivity contribution is 7.25. The molecule has 0 unspecified atom stereocenters. The van der Waals surface area contributed by atoms with E-state index in [2.05, 4.69) is 132 Å². The van der Waals surface area contributed by atoms with E-state index in [4.69, 9.17) is 8.83 Å². The Bertz CT molecular complexity index is 2730. The van der Waals surface area contributed by atoms with Crippen LogP contribution in [0.25, 0.3) is 74.8 Å². The third-order valence-electron chi connectivity index (χ3n) is 8.85. The Morgan fingerprint density at radius 1 is 0.364 bits per heavy atom. The molecule has 0 aliphatic heterocycles. The van der Waals surface area contributed by atoms with Crippen molar-refractivity contribution in [2.45, 2.75) is 0 Å². The Morgan fingerprint density at radius 2 is 0.886 bits per heavy atom. The van der Waals surface area contributed by atoms with Gasteiger partial charge in [0.15, 0.2) is 0 Å². The van der Waals surface area contributed by atoms with Gasteiger partial charge in [-0.2, -0.15) is 0 Å². The van der Waals surface area contributed by atoms with Crippen LogP contribution in [-0.2, 0) is 0 Å². The van der Waals surface area contributed by atoms with E-state index in [9.17, 15) is 0 Å². The van der Waals surface area contributed by atoms with Gasteiger partial charge < -0.3 is 13.7 Å². The molecule has 0 radical (unpaired) electrons. The molecule has 0 N–H and O–H groups in total. The van der Waals surface area contributed by atoms with Gasteiger partial charge in [-0.25, -0.2) is 0 Å². The summed E-state index contributed by atoms with van der Waals surface area (Å²) in [7, 11) is 0. The van der Waals surface area contributed by atoms with Gasteiger partial charge in [0.2, 0.25) is 0 Å². The van der Waals surface area contributed by atoms with E-state index in [1.54, 1.807) is 0 Å². The standard InChI is InChI=1S/C40H23NO2S/c1-2-8-24(9-3-1)41(26-15-17-30-29-11-5-7-13-37(29)44-38(30)23-26)25-14-16-28-32-19-21-33-34(40(32)43-36(28)22-25)20-18-31-27-10-4-6-12-35(27)42-39(31)33/h1-23H. The Morgan fingerprint density at radius 3 is 1.66 bits per heavy atom. The summed E-state index contributed by atoms with van der Waals surface area (Å²) in [4.78, 5) is 2.31. The zero-order valence-electron chi connectivity index (χ0n) is 23.5. The van der Waals surface area contributed by atoms with Crippen molar-refractivity contribution in [2.24, 2.45) is 0 Å². The molecular weight excluding hydrogens is 559 g/mol. The smallest absolute Gasteiger partial charge is 0.143 e. The van der Waals surface area contributed by atoms with Gasteiger partial charge in [0.1, 0.15) is 22.3 Å². The van der Waals surface area contributed by atoms with E-state index >= 15 is 0 Å². The third-order valence-corrected chi connectivity index (χ3v) is 9.99. The average molecular weight is 582 g/mol. The van der Waals surface area contributed by atoms with E-state index < -0.39 is 0 Å². The lowest BCUT2D eigenvalue weighted by Crippen LogP contribution is -2.09. The van der Waals surface area contributed by atoms with Gasteiger partial charge in [-0.15, -0.1) is 11.3 Å². The van der Waals surface area contributed by atoms with Gasteiger partial charge in [-0.3, -0.25) is 0 Å². The molecule has 0 bridgehead atoms. The number of benzene rings is 7. The molecule has 3 aromatic heterocycles. The van der Waals surface area contributed by atoms with Crippen molar-refractivity contribution in [3.63, 3.8) is 0 Å². The summed E-state index contributed by atoms with van der Waals surface area (Å²) < 4.78 is 15.6. The van der Waals surface area contributed by atoms with Crippen LogP contribution in [0.2, 0.25) is 0 Å². The molecule has 0 fully saturated rings. The maximum atomic E-state index is 6.70. The molecule has 44 heavy (non-hydrogen) atoms. The molecule has 10 aromatic rings. The molecule has 7 aromatic carbocycles.